The maximum absolute atomic E-state index is 8.81. The van der Waals surface area contributed by atoms with Crippen LogP contribution in [-0.4, -0.2) is 27.5 Å². The fraction of sp³-hybridized carbons (Fsp3) is 0.700. The molecule has 1 aromatic heterocycles. The van der Waals surface area contributed by atoms with Crippen LogP contribution in [0.2, 0.25) is 0 Å². The SMILES string of the molecule is CC(C)(C)n1cc(CC(N)CO)cn1. The topological polar surface area (TPSA) is 64.1 Å². The molecule has 80 valence electrons. The molecule has 0 aliphatic rings. The molecule has 3 N–H and O–H groups in total. The molecule has 0 radical (unpaired) electrons. The quantitative estimate of drug-likeness (QED) is 0.741. The van der Waals surface area contributed by atoms with E-state index in [1.54, 1.807) is 6.20 Å². The van der Waals surface area contributed by atoms with Crippen molar-refractivity contribution in [1.29, 1.82) is 0 Å². The third kappa shape index (κ3) is 2.82. The van der Waals surface area contributed by atoms with Crippen LogP contribution in [-0.2, 0) is 12.0 Å². The van der Waals surface area contributed by atoms with Gasteiger partial charge < -0.3 is 10.8 Å². The maximum Gasteiger partial charge on any atom is 0.0585 e. The van der Waals surface area contributed by atoms with Crippen molar-refractivity contribution in [1.82, 2.24) is 9.78 Å². The minimum atomic E-state index is -0.187. The van der Waals surface area contributed by atoms with Crippen molar-refractivity contribution in [3.05, 3.63) is 18.0 Å². The Hall–Kier alpha value is -0.870. The van der Waals surface area contributed by atoms with Crippen LogP contribution in [0.1, 0.15) is 26.3 Å². The molecule has 0 amide bonds. The summed E-state index contributed by atoms with van der Waals surface area (Å²) in [6.07, 6.45) is 4.46. The van der Waals surface area contributed by atoms with Crippen molar-refractivity contribution in [2.45, 2.75) is 38.8 Å². The Bertz CT molecular complexity index is 288. The second kappa shape index (κ2) is 4.11. The van der Waals surface area contributed by atoms with E-state index in [1.165, 1.54) is 0 Å². The van der Waals surface area contributed by atoms with Crippen LogP contribution < -0.4 is 5.73 Å². The predicted molar refractivity (Wildman–Crippen MR) is 56.0 cm³/mol. The lowest BCUT2D eigenvalue weighted by atomic mass is 10.1. The van der Waals surface area contributed by atoms with E-state index in [0.29, 0.717) is 6.42 Å². The molecule has 0 bridgehead atoms. The average molecular weight is 197 g/mol. The summed E-state index contributed by atoms with van der Waals surface area (Å²) in [7, 11) is 0. The summed E-state index contributed by atoms with van der Waals surface area (Å²) in [5.41, 5.74) is 6.71. The molecule has 0 saturated heterocycles. The fourth-order valence-corrected chi connectivity index (χ4v) is 1.20. The van der Waals surface area contributed by atoms with Crippen molar-refractivity contribution < 1.29 is 5.11 Å². The molecule has 0 aliphatic carbocycles. The highest BCUT2D eigenvalue weighted by Gasteiger charge is 2.14. The molecule has 0 aromatic carbocycles. The van der Waals surface area contributed by atoms with Crippen molar-refractivity contribution in [3.63, 3.8) is 0 Å². The molecule has 1 aromatic rings. The van der Waals surface area contributed by atoms with Crippen molar-refractivity contribution in [2.24, 2.45) is 5.73 Å². The number of nitrogens with zero attached hydrogens (tertiary/aromatic N) is 2. The van der Waals surface area contributed by atoms with Gasteiger partial charge in [-0.25, -0.2) is 0 Å². The van der Waals surface area contributed by atoms with Gasteiger partial charge in [-0.05, 0) is 32.8 Å². The number of rotatable bonds is 3. The first-order valence-corrected chi connectivity index (χ1v) is 4.84. The first-order chi connectivity index (χ1) is 6.43. The minimum absolute atomic E-state index is 0.00155. The molecule has 1 atom stereocenters. The van der Waals surface area contributed by atoms with E-state index in [9.17, 15) is 0 Å². The Labute approximate surface area is 84.7 Å². The van der Waals surface area contributed by atoms with E-state index in [1.807, 2.05) is 10.9 Å². The number of hydrogen-bond acceptors (Lipinski definition) is 3. The largest absolute Gasteiger partial charge is 0.395 e. The Balaban J connectivity index is 2.69. The van der Waals surface area contributed by atoms with E-state index in [4.69, 9.17) is 10.8 Å². The van der Waals surface area contributed by atoms with Gasteiger partial charge in [-0.3, -0.25) is 4.68 Å². The second-order valence-corrected chi connectivity index (χ2v) is 4.61. The molecule has 4 nitrogen and oxygen atoms in total. The summed E-state index contributed by atoms with van der Waals surface area (Å²) in [4.78, 5) is 0. The molecule has 4 heteroatoms. The molecular weight excluding hydrogens is 178 g/mol. The third-order valence-corrected chi connectivity index (χ3v) is 2.06. The van der Waals surface area contributed by atoms with Gasteiger partial charge in [0.2, 0.25) is 0 Å². The van der Waals surface area contributed by atoms with Gasteiger partial charge in [0, 0.05) is 12.2 Å². The summed E-state index contributed by atoms with van der Waals surface area (Å²) in [6, 6.07) is -0.187. The Kier molecular flexibility index (Phi) is 3.29. The molecule has 0 aliphatic heterocycles. The average Bonchev–Trinajstić information content (AvgIpc) is 2.51. The molecule has 14 heavy (non-hydrogen) atoms. The monoisotopic (exact) mass is 197 g/mol. The van der Waals surface area contributed by atoms with Gasteiger partial charge in [-0.2, -0.15) is 5.10 Å². The molecule has 1 unspecified atom stereocenters. The van der Waals surface area contributed by atoms with E-state index in [2.05, 4.69) is 25.9 Å². The number of hydrogen-bond donors (Lipinski definition) is 2. The van der Waals surface area contributed by atoms with Gasteiger partial charge in [-0.15, -0.1) is 0 Å². The van der Waals surface area contributed by atoms with Gasteiger partial charge in [-0.1, -0.05) is 0 Å². The van der Waals surface area contributed by atoms with Crippen LogP contribution >= 0.6 is 0 Å². The highest BCUT2D eigenvalue weighted by atomic mass is 16.3. The summed E-state index contributed by atoms with van der Waals surface area (Å²) in [5, 5.41) is 13.1. The van der Waals surface area contributed by atoms with Gasteiger partial charge in [0.25, 0.3) is 0 Å². The Morgan fingerprint density at radius 2 is 2.21 bits per heavy atom. The number of aromatic nitrogens is 2. The summed E-state index contributed by atoms with van der Waals surface area (Å²) >= 11 is 0. The molecule has 0 saturated carbocycles. The van der Waals surface area contributed by atoms with Crippen molar-refractivity contribution in [2.75, 3.05) is 6.61 Å². The predicted octanol–water partition coefficient (Wildman–Crippen LogP) is 0.500. The maximum atomic E-state index is 8.81. The summed E-state index contributed by atoms with van der Waals surface area (Å²) < 4.78 is 1.91. The van der Waals surface area contributed by atoms with Crippen molar-refractivity contribution >= 4 is 0 Å². The lowest BCUT2D eigenvalue weighted by Crippen LogP contribution is -2.26. The Morgan fingerprint density at radius 1 is 1.57 bits per heavy atom. The van der Waals surface area contributed by atoms with E-state index < -0.39 is 0 Å². The highest BCUT2D eigenvalue weighted by molar-refractivity contribution is 5.07. The van der Waals surface area contributed by atoms with Crippen molar-refractivity contribution in [3.8, 4) is 0 Å². The van der Waals surface area contributed by atoms with E-state index >= 15 is 0 Å². The standard InChI is InChI=1S/C10H19N3O/c1-10(2,3)13-6-8(5-12-13)4-9(11)7-14/h5-6,9,14H,4,7,11H2,1-3H3. The van der Waals surface area contributed by atoms with Crippen LogP contribution in [0.3, 0.4) is 0 Å². The molecule has 1 heterocycles. The van der Waals surface area contributed by atoms with Gasteiger partial charge >= 0.3 is 0 Å². The zero-order valence-electron chi connectivity index (χ0n) is 9.07. The Morgan fingerprint density at radius 3 is 2.64 bits per heavy atom. The van der Waals surface area contributed by atoms with Crippen LogP contribution in [0.25, 0.3) is 0 Å². The molecule has 0 spiro atoms. The fourth-order valence-electron chi connectivity index (χ4n) is 1.20. The van der Waals surface area contributed by atoms with Gasteiger partial charge in [0.15, 0.2) is 0 Å². The first kappa shape index (κ1) is 11.2. The second-order valence-electron chi connectivity index (χ2n) is 4.61. The zero-order valence-corrected chi connectivity index (χ0v) is 9.07. The van der Waals surface area contributed by atoms with Crippen LogP contribution in [0.15, 0.2) is 12.4 Å². The van der Waals surface area contributed by atoms with Gasteiger partial charge in [0.05, 0.1) is 18.3 Å². The number of aliphatic hydroxyl groups is 1. The third-order valence-electron chi connectivity index (χ3n) is 2.06. The van der Waals surface area contributed by atoms with Gasteiger partial charge in [0.1, 0.15) is 0 Å². The normalized spacial score (nSPS) is 14.4. The number of aliphatic hydroxyl groups excluding tert-OH is 1. The van der Waals surface area contributed by atoms with Crippen LogP contribution in [0.5, 0.6) is 0 Å². The van der Waals surface area contributed by atoms with E-state index in [0.717, 1.165) is 5.56 Å². The smallest absolute Gasteiger partial charge is 0.0585 e. The first-order valence-electron chi connectivity index (χ1n) is 4.84. The molecular formula is C10H19N3O. The lowest BCUT2D eigenvalue weighted by molar-refractivity contribution is 0.265. The summed E-state index contributed by atoms with van der Waals surface area (Å²) in [6.45, 7) is 6.29. The minimum Gasteiger partial charge on any atom is -0.395 e. The number of nitrogens with two attached hydrogens (primary N) is 1. The summed E-state index contributed by atoms with van der Waals surface area (Å²) in [5.74, 6) is 0. The molecule has 0 fully saturated rings. The van der Waals surface area contributed by atoms with Crippen LogP contribution in [0.4, 0.5) is 0 Å². The zero-order chi connectivity index (χ0) is 10.8. The van der Waals surface area contributed by atoms with Crippen LogP contribution in [0, 0.1) is 0 Å². The molecule has 1 rings (SSSR count). The van der Waals surface area contributed by atoms with E-state index in [-0.39, 0.29) is 18.2 Å². The highest BCUT2D eigenvalue weighted by Crippen LogP contribution is 2.13. The lowest BCUT2D eigenvalue weighted by Gasteiger charge is -2.18.